The van der Waals surface area contributed by atoms with Crippen molar-refractivity contribution in [2.24, 2.45) is 0 Å². The molecule has 0 aliphatic carbocycles. The Morgan fingerprint density at radius 3 is 1.62 bits per heavy atom. The van der Waals surface area contributed by atoms with Gasteiger partial charge in [0.05, 0.1) is 16.7 Å². The van der Waals surface area contributed by atoms with Crippen molar-refractivity contribution in [1.82, 2.24) is 14.6 Å². The summed E-state index contributed by atoms with van der Waals surface area (Å²) < 4.78 is 2.55. The van der Waals surface area contributed by atoms with E-state index < -0.39 is 8.07 Å². The van der Waals surface area contributed by atoms with E-state index in [1.165, 1.54) is 64.9 Å². The molecule has 1 aromatic heterocycles. The molecule has 3 heterocycles. The normalized spacial score (nSPS) is 16.8. The predicted molar refractivity (Wildman–Crippen MR) is 210 cm³/mol. The number of nitrogens with zero attached hydrogens (tertiary/aromatic N) is 3. The van der Waals surface area contributed by atoms with E-state index in [0.29, 0.717) is 0 Å². The summed E-state index contributed by atoms with van der Waals surface area (Å²) in [6.07, 6.45) is 2.52. The van der Waals surface area contributed by atoms with Gasteiger partial charge in [0.1, 0.15) is 0 Å². The van der Waals surface area contributed by atoms with Crippen LogP contribution in [0.5, 0.6) is 0 Å². The van der Waals surface area contributed by atoms with Crippen LogP contribution in [0.1, 0.15) is 11.9 Å². The molecule has 1 fully saturated rings. The maximum absolute atomic E-state index is 2.64. The SMILES string of the molecule is C1=C(c2cccc([Si](c3ccccc3)(c3ccccc3)c3ccccc3)c2)N2C(n3c4ccccc4c4ccc(-c5ccccc5)cc43)N2C1. The molecule has 0 radical (unpaired) electrons. The quantitative estimate of drug-likeness (QED) is 0.0982. The molecule has 4 heteroatoms. The first-order chi connectivity index (χ1) is 24.8. The summed E-state index contributed by atoms with van der Waals surface area (Å²) >= 11 is 0. The summed E-state index contributed by atoms with van der Waals surface area (Å²) in [6.45, 7) is 0.884. The van der Waals surface area contributed by atoms with Gasteiger partial charge in [0.15, 0.2) is 14.4 Å². The lowest BCUT2D eigenvalue weighted by molar-refractivity contribution is 0.448. The van der Waals surface area contributed by atoms with Crippen LogP contribution in [-0.4, -0.2) is 29.2 Å². The molecule has 2 unspecified atom stereocenters. The van der Waals surface area contributed by atoms with Crippen molar-refractivity contribution in [3.05, 3.63) is 200 Å². The zero-order valence-electron chi connectivity index (χ0n) is 27.6. The molecule has 2 aliphatic rings. The summed E-state index contributed by atoms with van der Waals surface area (Å²) in [5, 5.41) is 13.1. The third-order valence-corrected chi connectivity index (χ3v) is 15.5. The molecule has 7 aromatic carbocycles. The van der Waals surface area contributed by atoms with Crippen LogP contribution in [-0.2, 0) is 0 Å². The smallest absolute Gasteiger partial charge is 0.196 e. The van der Waals surface area contributed by atoms with E-state index in [9.17, 15) is 0 Å². The van der Waals surface area contributed by atoms with Crippen molar-refractivity contribution < 1.29 is 0 Å². The van der Waals surface area contributed by atoms with Gasteiger partial charge in [-0.2, -0.15) is 5.01 Å². The predicted octanol–water partition coefficient (Wildman–Crippen LogP) is 7.88. The van der Waals surface area contributed by atoms with Gasteiger partial charge in [-0.3, -0.25) is 5.01 Å². The van der Waals surface area contributed by atoms with Crippen molar-refractivity contribution in [1.29, 1.82) is 0 Å². The van der Waals surface area contributed by atoms with Crippen molar-refractivity contribution in [2.45, 2.75) is 6.29 Å². The Labute approximate surface area is 293 Å². The van der Waals surface area contributed by atoms with E-state index in [0.717, 1.165) is 6.54 Å². The number of fused-ring (bicyclic) bond motifs is 4. The van der Waals surface area contributed by atoms with E-state index in [-0.39, 0.29) is 6.29 Å². The number of para-hydroxylation sites is 1. The fraction of sp³-hybridized carbons (Fsp3) is 0.0435. The molecular weight excluding hydrogens is 623 g/mol. The summed E-state index contributed by atoms with van der Waals surface area (Å²) in [7, 11) is -2.64. The zero-order valence-corrected chi connectivity index (χ0v) is 28.6. The second-order valence-electron chi connectivity index (χ2n) is 13.3. The highest BCUT2D eigenvalue weighted by Gasteiger charge is 2.52. The highest BCUT2D eigenvalue weighted by molar-refractivity contribution is 7.19. The Kier molecular flexibility index (Phi) is 6.73. The number of benzene rings is 7. The van der Waals surface area contributed by atoms with Gasteiger partial charge in [-0.05, 0) is 55.6 Å². The van der Waals surface area contributed by atoms with E-state index in [4.69, 9.17) is 0 Å². The van der Waals surface area contributed by atoms with Crippen LogP contribution in [0.2, 0.25) is 0 Å². The van der Waals surface area contributed by atoms with Crippen molar-refractivity contribution in [2.75, 3.05) is 6.54 Å². The average Bonchev–Trinajstić information content (AvgIpc) is 3.54. The molecule has 0 spiro atoms. The van der Waals surface area contributed by atoms with Gasteiger partial charge in [0, 0.05) is 17.3 Å². The van der Waals surface area contributed by atoms with Crippen LogP contribution in [0.3, 0.4) is 0 Å². The average molecular weight is 658 g/mol. The molecule has 0 saturated carbocycles. The van der Waals surface area contributed by atoms with Gasteiger partial charge < -0.3 is 4.57 Å². The lowest BCUT2D eigenvalue weighted by atomic mass is 10.0. The van der Waals surface area contributed by atoms with Gasteiger partial charge >= 0.3 is 0 Å². The van der Waals surface area contributed by atoms with Gasteiger partial charge in [0.25, 0.3) is 0 Å². The molecule has 1 saturated heterocycles. The first-order valence-corrected chi connectivity index (χ1v) is 19.4. The molecule has 8 aromatic rings. The molecule has 0 bridgehead atoms. The Balaban J connectivity index is 1.11. The lowest BCUT2D eigenvalue weighted by Gasteiger charge is -2.34. The minimum atomic E-state index is -2.64. The maximum Gasteiger partial charge on any atom is 0.196 e. The van der Waals surface area contributed by atoms with Gasteiger partial charge in [-0.1, -0.05) is 176 Å². The van der Waals surface area contributed by atoms with Crippen LogP contribution >= 0.6 is 0 Å². The van der Waals surface area contributed by atoms with Crippen molar-refractivity contribution in [3.63, 3.8) is 0 Å². The molecule has 2 aliphatic heterocycles. The molecule has 3 nitrogen and oxygen atoms in total. The van der Waals surface area contributed by atoms with Gasteiger partial charge in [-0.15, -0.1) is 0 Å². The van der Waals surface area contributed by atoms with Crippen LogP contribution < -0.4 is 20.7 Å². The molecule has 10 rings (SSSR count). The third-order valence-electron chi connectivity index (χ3n) is 10.7. The van der Waals surface area contributed by atoms with E-state index in [2.05, 4.69) is 209 Å². The van der Waals surface area contributed by atoms with Crippen molar-refractivity contribution in [3.8, 4) is 11.1 Å². The minimum Gasteiger partial charge on any atom is -0.304 e. The van der Waals surface area contributed by atoms with Crippen LogP contribution in [0, 0.1) is 0 Å². The Morgan fingerprint density at radius 2 is 0.960 bits per heavy atom. The zero-order chi connectivity index (χ0) is 33.1. The molecule has 0 amide bonds. The van der Waals surface area contributed by atoms with Crippen molar-refractivity contribution >= 4 is 56.3 Å². The molecule has 238 valence electrons. The summed E-state index contributed by atoms with van der Waals surface area (Å²) in [4.78, 5) is 0. The standard InChI is InChI=1S/C46H35N3Si/c1-5-16-34(17-6-1)35-28-29-42-41-26-13-14-27-44(41)48(45(42)33-35)46-47-31-30-43(49(46)47)36-18-15-25-40(32-36)50(37-19-7-2-8-20-37,38-21-9-3-10-22-38)39-23-11-4-12-24-39/h1-30,32-33,46H,31H2. The second-order valence-corrected chi connectivity index (χ2v) is 17.1. The highest BCUT2D eigenvalue weighted by Crippen LogP contribution is 2.51. The molecule has 2 atom stereocenters. The highest BCUT2D eigenvalue weighted by atomic mass is 28.3. The number of aromatic nitrogens is 1. The number of hydrogen-bond donors (Lipinski definition) is 0. The monoisotopic (exact) mass is 657 g/mol. The van der Waals surface area contributed by atoms with Gasteiger partial charge in [0.2, 0.25) is 0 Å². The topological polar surface area (TPSA) is 10.9 Å². The van der Waals surface area contributed by atoms with Crippen LogP contribution in [0.15, 0.2) is 194 Å². The minimum absolute atomic E-state index is 0.117. The fourth-order valence-corrected chi connectivity index (χ4v) is 13.2. The number of hydrogen-bond acceptors (Lipinski definition) is 2. The Hall–Kier alpha value is -5.94. The molecule has 50 heavy (non-hydrogen) atoms. The summed E-state index contributed by atoms with van der Waals surface area (Å²) in [6, 6.07) is 69.5. The fourth-order valence-electron chi connectivity index (χ4n) is 8.44. The summed E-state index contributed by atoms with van der Waals surface area (Å²) in [5.41, 5.74) is 7.55. The summed E-state index contributed by atoms with van der Waals surface area (Å²) in [5.74, 6) is 0. The third kappa shape index (κ3) is 4.39. The number of hydrazine groups is 1. The second kappa shape index (κ2) is 11.6. The number of rotatable bonds is 7. The van der Waals surface area contributed by atoms with Crippen LogP contribution in [0.25, 0.3) is 38.6 Å². The lowest BCUT2D eigenvalue weighted by Crippen LogP contribution is -2.74. The van der Waals surface area contributed by atoms with Gasteiger partial charge in [-0.25, -0.2) is 0 Å². The first-order valence-electron chi connectivity index (χ1n) is 17.4. The largest absolute Gasteiger partial charge is 0.304 e. The van der Waals surface area contributed by atoms with Crippen LogP contribution in [0.4, 0.5) is 0 Å². The molecular formula is C46H35N3Si. The molecule has 0 N–H and O–H groups in total. The Bertz CT molecular complexity index is 2430. The van der Waals surface area contributed by atoms with E-state index in [1.807, 2.05) is 0 Å². The Morgan fingerprint density at radius 1 is 0.420 bits per heavy atom. The van der Waals surface area contributed by atoms with E-state index >= 15 is 0 Å². The maximum atomic E-state index is 2.55. The van der Waals surface area contributed by atoms with E-state index in [1.54, 1.807) is 0 Å². The first kappa shape index (κ1) is 29.0.